The molecule has 0 bridgehead atoms. The van der Waals surface area contributed by atoms with E-state index >= 15 is 0 Å². The van der Waals surface area contributed by atoms with E-state index in [1.165, 1.54) is 4.90 Å². The number of nitrogens with zero attached hydrogens (tertiary/aromatic N) is 2. The van der Waals surface area contributed by atoms with Crippen LogP contribution in [-0.4, -0.2) is 44.2 Å². The van der Waals surface area contributed by atoms with Crippen LogP contribution < -0.4 is 14.2 Å². The fourth-order valence-corrected chi connectivity index (χ4v) is 2.05. The summed E-state index contributed by atoms with van der Waals surface area (Å²) in [6.45, 7) is 7.35. The van der Waals surface area contributed by atoms with Gasteiger partial charge >= 0.3 is 0 Å². The first-order chi connectivity index (χ1) is 11.1. The second-order valence-corrected chi connectivity index (χ2v) is 4.74. The van der Waals surface area contributed by atoms with Gasteiger partial charge in [-0.1, -0.05) is 0 Å². The van der Waals surface area contributed by atoms with E-state index in [1.54, 1.807) is 19.2 Å². The van der Waals surface area contributed by atoms with Crippen LogP contribution in [0.3, 0.4) is 0 Å². The minimum absolute atomic E-state index is 0.190. The summed E-state index contributed by atoms with van der Waals surface area (Å²) in [6, 6.07) is 5.34. The van der Waals surface area contributed by atoms with Crippen LogP contribution in [0, 0.1) is 11.3 Å². The lowest BCUT2D eigenvalue weighted by molar-refractivity contribution is 0.0797. The van der Waals surface area contributed by atoms with Gasteiger partial charge in [-0.05, 0) is 32.9 Å². The molecule has 0 saturated carbocycles. The zero-order valence-corrected chi connectivity index (χ0v) is 14.2. The molecule has 0 aliphatic heterocycles. The van der Waals surface area contributed by atoms with Crippen LogP contribution in [0.2, 0.25) is 0 Å². The summed E-state index contributed by atoms with van der Waals surface area (Å²) in [5.41, 5.74) is 0.445. The van der Waals surface area contributed by atoms with Crippen LogP contribution in [-0.2, 0) is 0 Å². The zero-order valence-electron chi connectivity index (χ0n) is 14.2. The predicted octanol–water partition coefficient (Wildman–Crippen LogP) is 2.87. The Morgan fingerprint density at radius 3 is 2.04 bits per heavy atom. The standard InChI is InChI=1S/C17H24N2O4/c1-5-21-14-11-13(17(20)19(4)10-8-9-18)12-15(22-6-2)16(14)23-7-3/h11-12H,5-8,10H2,1-4H3. The third-order valence-corrected chi connectivity index (χ3v) is 3.06. The molecule has 0 aromatic heterocycles. The smallest absolute Gasteiger partial charge is 0.253 e. The van der Waals surface area contributed by atoms with E-state index in [0.717, 1.165) is 0 Å². The van der Waals surface area contributed by atoms with Crippen molar-refractivity contribution in [3.05, 3.63) is 17.7 Å². The average Bonchev–Trinajstić information content (AvgIpc) is 2.55. The van der Waals surface area contributed by atoms with Crippen molar-refractivity contribution in [2.24, 2.45) is 0 Å². The quantitative estimate of drug-likeness (QED) is 0.699. The van der Waals surface area contributed by atoms with Gasteiger partial charge in [-0.3, -0.25) is 4.79 Å². The fourth-order valence-electron chi connectivity index (χ4n) is 2.05. The number of benzene rings is 1. The normalized spacial score (nSPS) is 9.87. The third kappa shape index (κ3) is 5.06. The third-order valence-electron chi connectivity index (χ3n) is 3.06. The Balaban J connectivity index is 3.22. The highest BCUT2D eigenvalue weighted by atomic mass is 16.5. The Morgan fingerprint density at radius 1 is 1.09 bits per heavy atom. The molecule has 126 valence electrons. The van der Waals surface area contributed by atoms with Gasteiger partial charge in [-0.2, -0.15) is 5.26 Å². The van der Waals surface area contributed by atoms with Gasteiger partial charge in [-0.25, -0.2) is 0 Å². The fraction of sp³-hybridized carbons (Fsp3) is 0.529. The van der Waals surface area contributed by atoms with Crippen molar-refractivity contribution in [1.29, 1.82) is 5.26 Å². The maximum atomic E-state index is 12.5. The van der Waals surface area contributed by atoms with Crippen molar-refractivity contribution in [2.75, 3.05) is 33.4 Å². The number of hydrogen-bond donors (Lipinski definition) is 0. The van der Waals surface area contributed by atoms with Crippen LogP contribution in [0.25, 0.3) is 0 Å². The molecule has 23 heavy (non-hydrogen) atoms. The molecule has 0 saturated heterocycles. The molecule has 0 atom stereocenters. The predicted molar refractivity (Wildman–Crippen MR) is 87.1 cm³/mol. The van der Waals surface area contributed by atoms with E-state index in [9.17, 15) is 4.79 Å². The van der Waals surface area contributed by atoms with Gasteiger partial charge in [0.25, 0.3) is 5.91 Å². The lowest BCUT2D eigenvalue weighted by Crippen LogP contribution is -2.27. The molecule has 1 aromatic rings. The highest BCUT2D eigenvalue weighted by Gasteiger charge is 2.20. The minimum Gasteiger partial charge on any atom is -0.490 e. The number of hydrogen-bond acceptors (Lipinski definition) is 5. The van der Waals surface area contributed by atoms with Crippen molar-refractivity contribution in [3.8, 4) is 23.3 Å². The maximum absolute atomic E-state index is 12.5. The number of rotatable bonds is 9. The van der Waals surface area contributed by atoms with E-state index in [0.29, 0.717) is 49.2 Å². The highest BCUT2D eigenvalue weighted by Crippen LogP contribution is 2.39. The lowest BCUT2D eigenvalue weighted by atomic mass is 10.1. The Bertz CT molecular complexity index is 539. The van der Waals surface area contributed by atoms with Gasteiger partial charge in [0.1, 0.15) is 0 Å². The molecule has 0 fully saturated rings. The van der Waals surface area contributed by atoms with Gasteiger partial charge in [0, 0.05) is 19.2 Å². The summed E-state index contributed by atoms with van der Waals surface area (Å²) in [5.74, 6) is 1.28. The van der Waals surface area contributed by atoms with Crippen LogP contribution in [0.5, 0.6) is 17.2 Å². The zero-order chi connectivity index (χ0) is 17.2. The number of ether oxygens (including phenoxy) is 3. The van der Waals surface area contributed by atoms with Gasteiger partial charge < -0.3 is 19.1 Å². The van der Waals surface area contributed by atoms with Crippen molar-refractivity contribution in [3.63, 3.8) is 0 Å². The molecule has 0 aliphatic rings. The summed E-state index contributed by atoms with van der Waals surface area (Å²) < 4.78 is 16.8. The molecule has 0 heterocycles. The SMILES string of the molecule is CCOc1cc(C(=O)N(C)CCC#N)cc(OCC)c1OCC. The average molecular weight is 320 g/mol. The summed E-state index contributed by atoms with van der Waals surface area (Å²) >= 11 is 0. The van der Waals surface area contributed by atoms with E-state index in [1.807, 2.05) is 26.8 Å². The minimum atomic E-state index is -0.190. The Morgan fingerprint density at radius 2 is 1.61 bits per heavy atom. The number of nitriles is 1. The van der Waals surface area contributed by atoms with Crippen molar-refractivity contribution in [1.82, 2.24) is 4.90 Å². The Kier molecular flexibility index (Phi) is 7.75. The summed E-state index contributed by atoms with van der Waals surface area (Å²) in [5, 5.41) is 8.65. The summed E-state index contributed by atoms with van der Waals surface area (Å²) in [7, 11) is 1.66. The van der Waals surface area contributed by atoms with Crippen molar-refractivity contribution in [2.45, 2.75) is 27.2 Å². The van der Waals surface area contributed by atoms with Gasteiger partial charge in [0.05, 0.1) is 32.3 Å². The molecule has 6 heteroatoms. The number of carbonyl (C=O) groups excluding carboxylic acids is 1. The summed E-state index contributed by atoms with van der Waals surface area (Å²) in [6.07, 6.45) is 0.288. The molecule has 0 radical (unpaired) electrons. The van der Waals surface area contributed by atoms with E-state index in [4.69, 9.17) is 19.5 Å². The molecule has 1 amide bonds. The van der Waals surface area contributed by atoms with Crippen LogP contribution in [0.15, 0.2) is 12.1 Å². The molecule has 0 aliphatic carbocycles. The van der Waals surface area contributed by atoms with Crippen LogP contribution >= 0.6 is 0 Å². The number of carbonyl (C=O) groups is 1. The van der Waals surface area contributed by atoms with Crippen LogP contribution in [0.1, 0.15) is 37.6 Å². The maximum Gasteiger partial charge on any atom is 0.253 e. The molecule has 1 rings (SSSR count). The number of amides is 1. The molecule has 0 N–H and O–H groups in total. The van der Waals surface area contributed by atoms with Crippen molar-refractivity contribution >= 4 is 5.91 Å². The first kappa shape index (κ1) is 18.6. The lowest BCUT2D eigenvalue weighted by Gasteiger charge is -2.19. The molecular weight excluding hydrogens is 296 g/mol. The molecule has 1 aromatic carbocycles. The second-order valence-electron chi connectivity index (χ2n) is 4.74. The largest absolute Gasteiger partial charge is 0.490 e. The Labute approximate surface area is 137 Å². The van der Waals surface area contributed by atoms with E-state index in [-0.39, 0.29) is 12.3 Å². The second kappa shape index (κ2) is 9.57. The topological polar surface area (TPSA) is 71.8 Å². The molecule has 0 spiro atoms. The van der Waals surface area contributed by atoms with E-state index in [2.05, 4.69) is 0 Å². The first-order valence-corrected chi connectivity index (χ1v) is 7.77. The summed E-state index contributed by atoms with van der Waals surface area (Å²) in [4.78, 5) is 14.0. The van der Waals surface area contributed by atoms with Gasteiger partial charge in [0.2, 0.25) is 5.75 Å². The van der Waals surface area contributed by atoms with Gasteiger partial charge in [-0.15, -0.1) is 0 Å². The van der Waals surface area contributed by atoms with Crippen molar-refractivity contribution < 1.29 is 19.0 Å². The molecule has 6 nitrogen and oxygen atoms in total. The Hall–Kier alpha value is -2.42. The van der Waals surface area contributed by atoms with Gasteiger partial charge in [0.15, 0.2) is 11.5 Å². The molecular formula is C17H24N2O4. The molecule has 0 unspecified atom stereocenters. The van der Waals surface area contributed by atoms with E-state index < -0.39 is 0 Å². The first-order valence-electron chi connectivity index (χ1n) is 7.77. The highest BCUT2D eigenvalue weighted by molar-refractivity contribution is 5.95. The van der Waals surface area contributed by atoms with Crippen LogP contribution in [0.4, 0.5) is 0 Å². The monoisotopic (exact) mass is 320 g/mol.